The summed E-state index contributed by atoms with van der Waals surface area (Å²) in [5.74, 6) is -0.0416. The Kier molecular flexibility index (Phi) is 3.31. The number of amidine groups is 1. The van der Waals surface area contributed by atoms with Gasteiger partial charge in [0.2, 0.25) is 0 Å². The molecule has 4 N–H and O–H groups in total. The second kappa shape index (κ2) is 4.99. The molecule has 0 unspecified atom stereocenters. The Labute approximate surface area is 123 Å². The Hall–Kier alpha value is -1.73. The first kappa shape index (κ1) is 13.3. The zero-order valence-electron chi connectivity index (χ0n) is 10.4. The molecule has 0 bridgehead atoms. The summed E-state index contributed by atoms with van der Waals surface area (Å²) in [6, 6.07) is 5.32. The summed E-state index contributed by atoms with van der Waals surface area (Å²) in [4.78, 5) is 12.4. The van der Waals surface area contributed by atoms with Crippen LogP contribution in [0.5, 0.6) is 0 Å². The van der Waals surface area contributed by atoms with Gasteiger partial charge in [-0.25, -0.2) is 9.89 Å². The van der Waals surface area contributed by atoms with Crippen LogP contribution in [0.3, 0.4) is 0 Å². The minimum Gasteiger partial charge on any atom is -0.384 e. The molecular weight excluding hydrogens is 298 g/mol. The number of rotatable bonds is 4. The first-order valence-electron chi connectivity index (χ1n) is 6.05. The minimum absolute atomic E-state index is 0.0416. The monoisotopic (exact) mass is 309 g/mol. The number of nitrogens with zero attached hydrogens (tertiary/aromatic N) is 2. The molecule has 104 valence electrons. The van der Waals surface area contributed by atoms with Crippen molar-refractivity contribution in [3.8, 4) is 0 Å². The summed E-state index contributed by atoms with van der Waals surface area (Å²) in [6.45, 7) is 0. The van der Waals surface area contributed by atoms with Gasteiger partial charge in [0.15, 0.2) is 5.16 Å². The topological polar surface area (TPSA) is 101 Å². The first-order chi connectivity index (χ1) is 9.56. The molecule has 1 fully saturated rings. The summed E-state index contributed by atoms with van der Waals surface area (Å²) in [5.41, 5.74) is 5.94. The van der Waals surface area contributed by atoms with Crippen molar-refractivity contribution in [2.75, 3.05) is 0 Å². The molecule has 0 saturated heterocycles. The van der Waals surface area contributed by atoms with E-state index in [1.165, 1.54) is 11.8 Å². The van der Waals surface area contributed by atoms with E-state index in [1.807, 2.05) is 0 Å². The van der Waals surface area contributed by atoms with Gasteiger partial charge in [0.25, 0.3) is 0 Å². The Morgan fingerprint density at radius 2 is 2.30 bits per heavy atom. The molecule has 1 heterocycles. The molecule has 3 rings (SSSR count). The lowest BCUT2D eigenvalue weighted by atomic mass is 10.2. The maximum Gasteiger partial charge on any atom is 0.344 e. The SMILES string of the molecule is N=C(N)c1ccc(Cl)cc1Sc1n[nH]c(=O)n1C1CC1. The number of aromatic nitrogens is 3. The summed E-state index contributed by atoms with van der Waals surface area (Å²) < 4.78 is 1.65. The standard InChI is InChI=1S/C12H12ClN5OS/c13-6-1-4-8(10(14)15)9(5-6)20-12-17-16-11(19)18(12)7-2-3-7/h1,4-5,7H,2-3H2,(H3,14,15)(H,16,19). The predicted molar refractivity (Wildman–Crippen MR) is 77.7 cm³/mol. The van der Waals surface area contributed by atoms with Crippen LogP contribution in [0.1, 0.15) is 24.4 Å². The highest BCUT2D eigenvalue weighted by molar-refractivity contribution is 7.99. The fraction of sp³-hybridized carbons (Fsp3) is 0.250. The third-order valence-corrected chi connectivity index (χ3v) is 4.28. The number of aromatic amines is 1. The zero-order valence-corrected chi connectivity index (χ0v) is 12.0. The van der Waals surface area contributed by atoms with Crippen LogP contribution >= 0.6 is 23.4 Å². The number of hydrogen-bond donors (Lipinski definition) is 3. The molecule has 0 radical (unpaired) electrons. The number of H-pyrrole nitrogens is 1. The van der Waals surface area contributed by atoms with E-state index >= 15 is 0 Å². The normalized spacial score (nSPS) is 14.4. The van der Waals surface area contributed by atoms with Gasteiger partial charge in [0, 0.05) is 21.5 Å². The fourth-order valence-electron chi connectivity index (χ4n) is 1.92. The van der Waals surface area contributed by atoms with Gasteiger partial charge in [-0.1, -0.05) is 11.6 Å². The Bertz CT molecular complexity index is 734. The highest BCUT2D eigenvalue weighted by atomic mass is 35.5. The minimum atomic E-state index is -0.207. The molecule has 0 atom stereocenters. The van der Waals surface area contributed by atoms with E-state index in [2.05, 4.69) is 10.2 Å². The zero-order chi connectivity index (χ0) is 14.3. The Balaban J connectivity index is 2.01. The van der Waals surface area contributed by atoms with Crippen LogP contribution < -0.4 is 11.4 Å². The van der Waals surface area contributed by atoms with E-state index in [1.54, 1.807) is 22.8 Å². The third-order valence-electron chi connectivity index (χ3n) is 3.02. The summed E-state index contributed by atoms with van der Waals surface area (Å²) in [7, 11) is 0. The number of nitrogens with one attached hydrogen (secondary N) is 2. The van der Waals surface area contributed by atoms with E-state index in [0.717, 1.165) is 12.8 Å². The lowest BCUT2D eigenvalue weighted by molar-refractivity contribution is 0.642. The smallest absolute Gasteiger partial charge is 0.344 e. The molecule has 2 aromatic rings. The van der Waals surface area contributed by atoms with Crippen LogP contribution in [-0.4, -0.2) is 20.6 Å². The number of hydrogen-bond acceptors (Lipinski definition) is 4. The molecule has 0 amide bonds. The number of benzene rings is 1. The average molecular weight is 310 g/mol. The van der Waals surface area contributed by atoms with Crippen LogP contribution in [0, 0.1) is 5.41 Å². The van der Waals surface area contributed by atoms with Crippen molar-refractivity contribution < 1.29 is 0 Å². The molecule has 20 heavy (non-hydrogen) atoms. The lowest BCUT2D eigenvalue weighted by Gasteiger charge is -2.08. The largest absolute Gasteiger partial charge is 0.384 e. The van der Waals surface area contributed by atoms with Crippen molar-refractivity contribution in [2.24, 2.45) is 5.73 Å². The van der Waals surface area contributed by atoms with E-state index in [0.29, 0.717) is 20.6 Å². The van der Waals surface area contributed by atoms with Gasteiger partial charge < -0.3 is 5.73 Å². The summed E-state index contributed by atoms with van der Waals surface area (Å²) in [6.07, 6.45) is 1.98. The first-order valence-corrected chi connectivity index (χ1v) is 7.24. The van der Waals surface area contributed by atoms with Gasteiger partial charge in [-0.3, -0.25) is 9.98 Å². The van der Waals surface area contributed by atoms with E-state index in [9.17, 15) is 4.79 Å². The van der Waals surface area contributed by atoms with Crippen molar-refractivity contribution in [2.45, 2.75) is 28.9 Å². The molecule has 1 aromatic heterocycles. The van der Waals surface area contributed by atoms with Crippen LogP contribution in [0.4, 0.5) is 0 Å². The van der Waals surface area contributed by atoms with Crippen LogP contribution in [-0.2, 0) is 0 Å². The Morgan fingerprint density at radius 3 is 2.95 bits per heavy atom. The van der Waals surface area contributed by atoms with Gasteiger partial charge in [0.05, 0.1) is 0 Å². The molecule has 0 aliphatic heterocycles. The van der Waals surface area contributed by atoms with Gasteiger partial charge >= 0.3 is 5.69 Å². The lowest BCUT2D eigenvalue weighted by Crippen LogP contribution is -2.16. The third kappa shape index (κ3) is 2.46. The fourth-order valence-corrected chi connectivity index (χ4v) is 3.25. The quantitative estimate of drug-likeness (QED) is 0.594. The highest BCUT2D eigenvalue weighted by Gasteiger charge is 2.29. The van der Waals surface area contributed by atoms with Crippen molar-refractivity contribution in [1.82, 2.24) is 14.8 Å². The van der Waals surface area contributed by atoms with Gasteiger partial charge in [-0.15, -0.1) is 5.10 Å². The predicted octanol–water partition coefficient (Wildman–Crippen LogP) is 1.99. The van der Waals surface area contributed by atoms with E-state index in [-0.39, 0.29) is 17.6 Å². The maximum atomic E-state index is 11.7. The van der Waals surface area contributed by atoms with E-state index < -0.39 is 0 Å². The van der Waals surface area contributed by atoms with Crippen LogP contribution in [0.2, 0.25) is 5.02 Å². The molecular formula is C12H12ClN5OS. The highest BCUT2D eigenvalue weighted by Crippen LogP contribution is 2.38. The van der Waals surface area contributed by atoms with E-state index in [4.69, 9.17) is 22.7 Å². The van der Waals surface area contributed by atoms with Crippen molar-refractivity contribution in [3.05, 3.63) is 39.3 Å². The summed E-state index contributed by atoms with van der Waals surface area (Å²) in [5, 5.41) is 15.2. The van der Waals surface area contributed by atoms with Gasteiger partial charge in [-0.2, -0.15) is 0 Å². The molecule has 6 nitrogen and oxygen atoms in total. The number of nitrogen functional groups attached to an aromatic ring is 1. The van der Waals surface area contributed by atoms with Crippen LogP contribution in [0.15, 0.2) is 33.0 Å². The second-order valence-electron chi connectivity index (χ2n) is 4.57. The molecule has 1 aliphatic carbocycles. The Morgan fingerprint density at radius 1 is 1.55 bits per heavy atom. The van der Waals surface area contributed by atoms with Crippen LogP contribution in [0.25, 0.3) is 0 Å². The molecule has 1 saturated carbocycles. The van der Waals surface area contributed by atoms with Gasteiger partial charge in [0.1, 0.15) is 5.84 Å². The molecule has 1 aromatic carbocycles. The molecule has 8 heteroatoms. The molecule has 1 aliphatic rings. The molecule has 0 spiro atoms. The van der Waals surface area contributed by atoms with Crippen molar-refractivity contribution in [1.29, 1.82) is 5.41 Å². The second-order valence-corrected chi connectivity index (χ2v) is 6.01. The van der Waals surface area contributed by atoms with Crippen molar-refractivity contribution in [3.63, 3.8) is 0 Å². The van der Waals surface area contributed by atoms with Gasteiger partial charge in [-0.05, 0) is 42.8 Å². The van der Waals surface area contributed by atoms with Crippen molar-refractivity contribution >= 4 is 29.2 Å². The maximum absolute atomic E-state index is 11.7. The number of nitrogens with two attached hydrogens (primary N) is 1. The average Bonchev–Trinajstić information content (AvgIpc) is 3.15. The number of halogens is 1. The summed E-state index contributed by atoms with van der Waals surface area (Å²) >= 11 is 7.27.